The first-order valence-corrected chi connectivity index (χ1v) is 7.97. The van der Waals surface area contributed by atoms with Gasteiger partial charge in [0.2, 0.25) is 0 Å². The molecular formula is C18H21NO3. The summed E-state index contributed by atoms with van der Waals surface area (Å²) in [5, 5.41) is 3.42. The van der Waals surface area contributed by atoms with Crippen LogP contribution >= 0.6 is 0 Å². The minimum absolute atomic E-state index is 0.624. The highest BCUT2D eigenvalue weighted by atomic mass is 16.6. The Morgan fingerprint density at radius 3 is 2.68 bits per heavy atom. The maximum Gasteiger partial charge on any atom is 0.161 e. The average Bonchev–Trinajstić information content (AvgIpc) is 3.09. The lowest BCUT2D eigenvalue weighted by Crippen LogP contribution is -2.16. The smallest absolute Gasteiger partial charge is 0.161 e. The van der Waals surface area contributed by atoms with Crippen LogP contribution in [-0.2, 0) is 13.1 Å². The molecule has 1 aliphatic heterocycles. The van der Waals surface area contributed by atoms with Crippen LogP contribution in [0.3, 0.4) is 0 Å². The fraction of sp³-hybridized carbons (Fsp3) is 0.444. The molecule has 0 amide bonds. The molecule has 2 heterocycles. The van der Waals surface area contributed by atoms with Crippen molar-refractivity contribution >= 4 is 0 Å². The molecule has 0 spiro atoms. The minimum Gasteiger partial charge on any atom is -0.486 e. The summed E-state index contributed by atoms with van der Waals surface area (Å²) in [5.74, 6) is 5.25. The largest absolute Gasteiger partial charge is 0.486 e. The van der Waals surface area contributed by atoms with E-state index in [2.05, 4.69) is 30.4 Å². The van der Waals surface area contributed by atoms with Crippen LogP contribution in [0.4, 0.5) is 0 Å². The Balaban J connectivity index is 1.32. The van der Waals surface area contributed by atoms with Gasteiger partial charge in [-0.1, -0.05) is 13.0 Å². The summed E-state index contributed by atoms with van der Waals surface area (Å²) in [5.41, 5.74) is 1.19. The van der Waals surface area contributed by atoms with E-state index >= 15 is 0 Å². The zero-order valence-corrected chi connectivity index (χ0v) is 12.8. The van der Waals surface area contributed by atoms with Gasteiger partial charge in [-0.2, -0.15) is 0 Å². The first-order chi connectivity index (χ1) is 10.8. The van der Waals surface area contributed by atoms with E-state index in [4.69, 9.17) is 13.9 Å². The first-order valence-electron chi connectivity index (χ1n) is 7.97. The molecule has 1 N–H and O–H groups in total. The van der Waals surface area contributed by atoms with Crippen LogP contribution in [0.2, 0.25) is 0 Å². The van der Waals surface area contributed by atoms with Gasteiger partial charge < -0.3 is 19.2 Å². The Labute approximate surface area is 130 Å². The average molecular weight is 299 g/mol. The standard InChI is InChI=1S/C18H21NO3/c1-12-8-15(12)16-5-3-14(22-16)11-19-10-13-2-4-17-18(9-13)21-7-6-20-17/h2-5,9,12,15,19H,6-8,10-11H2,1H3/t12-,15-/m1/s1. The highest BCUT2D eigenvalue weighted by Gasteiger charge is 2.36. The lowest BCUT2D eigenvalue weighted by Gasteiger charge is -2.18. The van der Waals surface area contributed by atoms with Gasteiger partial charge in [0.15, 0.2) is 11.5 Å². The third-order valence-corrected chi connectivity index (χ3v) is 4.39. The van der Waals surface area contributed by atoms with Gasteiger partial charge in [-0.05, 0) is 42.2 Å². The van der Waals surface area contributed by atoms with Crippen molar-refractivity contribution in [1.29, 1.82) is 0 Å². The summed E-state index contributed by atoms with van der Waals surface area (Å²) in [6.45, 7) is 5.05. The molecule has 1 aromatic carbocycles. The predicted octanol–water partition coefficient (Wildman–Crippen LogP) is 3.46. The summed E-state index contributed by atoms with van der Waals surface area (Å²) >= 11 is 0. The highest BCUT2D eigenvalue weighted by molar-refractivity contribution is 5.43. The number of furan rings is 1. The van der Waals surface area contributed by atoms with Gasteiger partial charge in [-0.15, -0.1) is 0 Å². The second kappa shape index (κ2) is 5.69. The Bertz CT molecular complexity index is 664. The second-order valence-corrected chi connectivity index (χ2v) is 6.21. The zero-order chi connectivity index (χ0) is 14.9. The van der Waals surface area contributed by atoms with Crippen LogP contribution in [-0.4, -0.2) is 13.2 Å². The third-order valence-electron chi connectivity index (χ3n) is 4.39. The van der Waals surface area contributed by atoms with E-state index in [0.29, 0.717) is 19.1 Å². The van der Waals surface area contributed by atoms with E-state index in [1.54, 1.807) is 0 Å². The summed E-state index contributed by atoms with van der Waals surface area (Å²) in [6.07, 6.45) is 1.26. The van der Waals surface area contributed by atoms with Gasteiger partial charge in [-0.25, -0.2) is 0 Å². The molecule has 1 aromatic heterocycles. The van der Waals surface area contributed by atoms with Crippen molar-refractivity contribution in [2.24, 2.45) is 5.92 Å². The zero-order valence-electron chi connectivity index (χ0n) is 12.8. The van der Waals surface area contributed by atoms with Crippen LogP contribution in [0.1, 0.15) is 36.3 Å². The summed E-state index contributed by atoms with van der Waals surface area (Å²) in [6, 6.07) is 10.3. The molecule has 1 aliphatic carbocycles. The molecule has 1 fully saturated rings. The molecule has 1 saturated carbocycles. The summed E-state index contributed by atoms with van der Waals surface area (Å²) < 4.78 is 17.0. The molecule has 4 rings (SSSR count). The van der Waals surface area contributed by atoms with Crippen LogP contribution in [0, 0.1) is 5.92 Å². The molecule has 22 heavy (non-hydrogen) atoms. The normalized spacial score (nSPS) is 22.6. The SMILES string of the molecule is C[C@@H]1C[C@H]1c1ccc(CNCc2ccc3c(c2)OCCO3)o1. The van der Waals surface area contributed by atoms with Crippen molar-refractivity contribution in [3.8, 4) is 11.5 Å². The molecular weight excluding hydrogens is 278 g/mol. The Morgan fingerprint density at radius 1 is 1.05 bits per heavy atom. The number of ether oxygens (including phenoxy) is 2. The number of fused-ring (bicyclic) bond motifs is 1. The lowest BCUT2D eigenvalue weighted by atomic mass is 10.2. The Kier molecular flexibility index (Phi) is 3.54. The Hall–Kier alpha value is -1.94. The number of nitrogens with one attached hydrogen (secondary N) is 1. The molecule has 0 bridgehead atoms. The van der Waals surface area contributed by atoms with Gasteiger partial charge in [-0.3, -0.25) is 0 Å². The second-order valence-electron chi connectivity index (χ2n) is 6.21. The number of benzene rings is 1. The van der Waals surface area contributed by atoms with Gasteiger partial charge in [0.25, 0.3) is 0 Å². The quantitative estimate of drug-likeness (QED) is 0.918. The van der Waals surface area contributed by atoms with Crippen LogP contribution in [0.5, 0.6) is 11.5 Å². The molecule has 2 aromatic rings. The Morgan fingerprint density at radius 2 is 1.86 bits per heavy atom. The molecule has 116 valence electrons. The van der Waals surface area contributed by atoms with Gasteiger partial charge >= 0.3 is 0 Å². The van der Waals surface area contributed by atoms with Crippen molar-refractivity contribution in [1.82, 2.24) is 5.32 Å². The van der Waals surface area contributed by atoms with E-state index in [1.165, 1.54) is 12.0 Å². The van der Waals surface area contributed by atoms with Crippen LogP contribution in [0.15, 0.2) is 34.7 Å². The van der Waals surface area contributed by atoms with Gasteiger partial charge in [0.05, 0.1) is 6.54 Å². The fourth-order valence-electron chi connectivity index (χ4n) is 2.94. The van der Waals surface area contributed by atoms with E-state index < -0.39 is 0 Å². The molecule has 0 unspecified atom stereocenters. The first kappa shape index (κ1) is 13.7. The molecule has 0 radical (unpaired) electrons. The number of hydrogen-bond acceptors (Lipinski definition) is 4. The van der Waals surface area contributed by atoms with Crippen molar-refractivity contribution in [2.75, 3.05) is 13.2 Å². The van der Waals surface area contributed by atoms with E-state index in [9.17, 15) is 0 Å². The highest BCUT2D eigenvalue weighted by Crippen LogP contribution is 2.47. The van der Waals surface area contributed by atoms with Crippen molar-refractivity contribution < 1.29 is 13.9 Å². The molecule has 0 saturated heterocycles. The lowest BCUT2D eigenvalue weighted by molar-refractivity contribution is 0.171. The third kappa shape index (κ3) is 2.83. The fourth-order valence-corrected chi connectivity index (χ4v) is 2.94. The topological polar surface area (TPSA) is 43.6 Å². The van der Waals surface area contributed by atoms with Gasteiger partial charge in [0.1, 0.15) is 24.7 Å². The molecule has 4 nitrogen and oxygen atoms in total. The van der Waals surface area contributed by atoms with Gasteiger partial charge in [0, 0.05) is 12.5 Å². The van der Waals surface area contributed by atoms with Crippen molar-refractivity contribution in [3.05, 3.63) is 47.4 Å². The maximum atomic E-state index is 5.90. The number of rotatable bonds is 5. The summed E-state index contributed by atoms with van der Waals surface area (Å²) in [4.78, 5) is 0. The van der Waals surface area contributed by atoms with Crippen molar-refractivity contribution in [3.63, 3.8) is 0 Å². The molecule has 4 heteroatoms. The van der Waals surface area contributed by atoms with Crippen molar-refractivity contribution in [2.45, 2.75) is 32.4 Å². The minimum atomic E-state index is 0.624. The number of hydrogen-bond donors (Lipinski definition) is 1. The van der Waals surface area contributed by atoms with Crippen LogP contribution in [0.25, 0.3) is 0 Å². The van der Waals surface area contributed by atoms with Crippen LogP contribution < -0.4 is 14.8 Å². The van der Waals surface area contributed by atoms with E-state index in [1.807, 2.05) is 12.1 Å². The summed E-state index contributed by atoms with van der Waals surface area (Å²) in [7, 11) is 0. The van der Waals surface area contributed by atoms with E-state index in [0.717, 1.165) is 42.0 Å². The predicted molar refractivity (Wildman–Crippen MR) is 83.2 cm³/mol. The molecule has 2 atom stereocenters. The molecule has 2 aliphatic rings. The monoisotopic (exact) mass is 299 g/mol. The maximum absolute atomic E-state index is 5.90. The van der Waals surface area contributed by atoms with E-state index in [-0.39, 0.29) is 0 Å².